The van der Waals surface area contributed by atoms with E-state index in [2.05, 4.69) is 6.92 Å². The zero-order valence-electron chi connectivity index (χ0n) is 12.4. The first-order valence-electron chi connectivity index (χ1n) is 6.87. The topological polar surface area (TPSA) is 38.7 Å². The summed E-state index contributed by atoms with van der Waals surface area (Å²) in [4.78, 5) is 0. The van der Waals surface area contributed by atoms with E-state index in [0.717, 1.165) is 6.42 Å². The van der Waals surface area contributed by atoms with Gasteiger partial charge in [0, 0.05) is 0 Å². The third kappa shape index (κ3) is 3.69. The molecule has 0 radical (unpaired) electrons. The van der Waals surface area contributed by atoms with Crippen LogP contribution in [0.1, 0.15) is 31.1 Å². The van der Waals surface area contributed by atoms with Crippen LogP contribution < -0.4 is 9.47 Å². The molecule has 2 aromatic carbocycles. The summed E-state index contributed by atoms with van der Waals surface area (Å²) in [5.74, 6) is 1.92. The van der Waals surface area contributed by atoms with Crippen molar-refractivity contribution in [3.8, 4) is 17.2 Å². The van der Waals surface area contributed by atoms with Gasteiger partial charge in [0.2, 0.25) is 0 Å². The minimum atomic E-state index is -0.607. The maximum atomic E-state index is 9.58. The Morgan fingerprint density at radius 3 is 2.48 bits per heavy atom. The van der Waals surface area contributed by atoms with Crippen LogP contribution in [0.5, 0.6) is 17.2 Å². The van der Waals surface area contributed by atoms with E-state index < -0.39 is 6.10 Å². The summed E-state index contributed by atoms with van der Waals surface area (Å²) >= 11 is 6.14. The van der Waals surface area contributed by atoms with E-state index in [1.165, 1.54) is 5.56 Å². The van der Waals surface area contributed by atoms with Gasteiger partial charge in [-0.3, -0.25) is 0 Å². The van der Waals surface area contributed by atoms with Crippen molar-refractivity contribution >= 4 is 11.6 Å². The summed E-state index contributed by atoms with van der Waals surface area (Å²) in [5, 5.41) is 10.1. The van der Waals surface area contributed by atoms with Crippen molar-refractivity contribution in [2.45, 2.75) is 26.4 Å². The normalized spacial score (nSPS) is 12.0. The first-order chi connectivity index (χ1) is 10.0. The maximum Gasteiger partial charge on any atom is 0.169 e. The molecule has 4 heteroatoms. The van der Waals surface area contributed by atoms with Gasteiger partial charge in [0.15, 0.2) is 11.5 Å². The van der Waals surface area contributed by atoms with Crippen LogP contribution in [0.2, 0.25) is 5.02 Å². The summed E-state index contributed by atoms with van der Waals surface area (Å²) in [6.07, 6.45) is 0.330. The summed E-state index contributed by atoms with van der Waals surface area (Å²) in [7, 11) is 1.62. The summed E-state index contributed by atoms with van der Waals surface area (Å²) in [6.45, 7) is 3.76. The van der Waals surface area contributed by atoms with Crippen molar-refractivity contribution < 1.29 is 14.6 Å². The smallest absolute Gasteiger partial charge is 0.169 e. The number of aryl methyl sites for hydroxylation is 1. The SMILES string of the molecule is CCc1ccc(Oc2ccc(C(C)O)c(Cl)c2)c(OC)c1. The van der Waals surface area contributed by atoms with E-state index in [1.54, 1.807) is 32.2 Å². The molecule has 1 unspecified atom stereocenters. The van der Waals surface area contributed by atoms with Crippen LogP contribution in [-0.4, -0.2) is 12.2 Å². The van der Waals surface area contributed by atoms with Gasteiger partial charge >= 0.3 is 0 Å². The van der Waals surface area contributed by atoms with E-state index in [1.807, 2.05) is 18.2 Å². The Morgan fingerprint density at radius 2 is 1.90 bits per heavy atom. The number of aliphatic hydroxyl groups is 1. The lowest BCUT2D eigenvalue weighted by atomic mass is 10.1. The number of benzene rings is 2. The molecule has 0 amide bonds. The second-order valence-corrected chi connectivity index (χ2v) is 5.21. The molecule has 2 aromatic rings. The second-order valence-electron chi connectivity index (χ2n) is 4.80. The highest BCUT2D eigenvalue weighted by molar-refractivity contribution is 6.31. The maximum absolute atomic E-state index is 9.58. The summed E-state index contributed by atoms with van der Waals surface area (Å²) in [6, 6.07) is 11.1. The second kappa shape index (κ2) is 6.83. The molecule has 0 spiro atoms. The molecule has 0 saturated heterocycles. The number of halogens is 1. The molecule has 0 heterocycles. The lowest BCUT2D eigenvalue weighted by molar-refractivity contribution is 0.199. The molecular weight excluding hydrogens is 288 g/mol. The standard InChI is InChI=1S/C17H19ClO3/c1-4-12-5-8-16(17(9-12)20-3)21-13-6-7-14(11(2)19)15(18)10-13/h5-11,19H,4H2,1-3H3. The molecule has 0 aliphatic rings. The molecule has 0 aliphatic carbocycles. The quantitative estimate of drug-likeness (QED) is 0.866. The zero-order valence-corrected chi connectivity index (χ0v) is 13.1. The molecule has 0 saturated carbocycles. The van der Waals surface area contributed by atoms with E-state index >= 15 is 0 Å². The van der Waals surface area contributed by atoms with Crippen LogP contribution >= 0.6 is 11.6 Å². The minimum Gasteiger partial charge on any atom is -0.493 e. The van der Waals surface area contributed by atoms with Gasteiger partial charge in [-0.2, -0.15) is 0 Å². The monoisotopic (exact) mass is 306 g/mol. The molecule has 0 bridgehead atoms. The number of ether oxygens (including phenoxy) is 2. The summed E-state index contributed by atoms with van der Waals surface area (Å²) < 4.78 is 11.2. The first-order valence-corrected chi connectivity index (χ1v) is 7.25. The predicted molar refractivity (Wildman–Crippen MR) is 84.5 cm³/mol. The van der Waals surface area contributed by atoms with Crippen LogP contribution in [0.25, 0.3) is 0 Å². The largest absolute Gasteiger partial charge is 0.493 e. The Bertz CT molecular complexity index is 623. The van der Waals surface area contributed by atoms with Gasteiger partial charge in [-0.05, 0) is 48.7 Å². The Hall–Kier alpha value is -1.71. The predicted octanol–water partition coefficient (Wildman–Crippen LogP) is 4.76. The lowest BCUT2D eigenvalue weighted by Gasteiger charge is -2.13. The fourth-order valence-electron chi connectivity index (χ4n) is 2.05. The third-order valence-electron chi connectivity index (χ3n) is 3.29. The number of hydrogen-bond donors (Lipinski definition) is 1. The molecule has 2 rings (SSSR count). The van der Waals surface area contributed by atoms with Crippen LogP contribution in [0.15, 0.2) is 36.4 Å². The zero-order chi connectivity index (χ0) is 15.4. The highest BCUT2D eigenvalue weighted by atomic mass is 35.5. The average Bonchev–Trinajstić information content (AvgIpc) is 2.47. The van der Waals surface area contributed by atoms with Gasteiger partial charge in [-0.15, -0.1) is 0 Å². The van der Waals surface area contributed by atoms with E-state index in [4.69, 9.17) is 21.1 Å². The van der Waals surface area contributed by atoms with Crippen molar-refractivity contribution in [1.82, 2.24) is 0 Å². The molecule has 112 valence electrons. The molecule has 3 nitrogen and oxygen atoms in total. The van der Waals surface area contributed by atoms with Crippen molar-refractivity contribution in [3.05, 3.63) is 52.5 Å². The van der Waals surface area contributed by atoms with Gasteiger partial charge in [-0.1, -0.05) is 30.7 Å². The Labute approximate surface area is 130 Å². The number of rotatable bonds is 5. The van der Waals surface area contributed by atoms with Crippen molar-refractivity contribution in [2.75, 3.05) is 7.11 Å². The van der Waals surface area contributed by atoms with Crippen LogP contribution in [0.4, 0.5) is 0 Å². The van der Waals surface area contributed by atoms with Crippen molar-refractivity contribution in [2.24, 2.45) is 0 Å². The fraction of sp³-hybridized carbons (Fsp3) is 0.294. The van der Waals surface area contributed by atoms with E-state index in [9.17, 15) is 5.11 Å². The summed E-state index contributed by atoms with van der Waals surface area (Å²) in [5.41, 5.74) is 1.86. The van der Waals surface area contributed by atoms with Crippen LogP contribution in [0, 0.1) is 0 Å². The van der Waals surface area contributed by atoms with Crippen LogP contribution in [-0.2, 0) is 6.42 Å². The lowest BCUT2D eigenvalue weighted by Crippen LogP contribution is -1.95. The first kappa shape index (κ1) is 15.7. The third-order valence-corrected chi connectivity index (χ3v) is 3.61. The molecular formula is C17H19ClO3. The van der Waals surface area contributed by atoms with Crippen LogP contribution in [0.3, 0.4) is 0 Å². The Morgan fingerprint density at radius 1 is 1.14 bits per heavy atom. The Balaban J connectivity index is 2.28. The molecule has 1 N–H and O–H groups in total. The Kier molecular flexibility index (Phi) is 5.10. The fourth-order valence-corrected chi connectivity index (χ4v) is 2.38. The average molecular weight is 307 g/mol. The van der Waals surface area contributed by atoms with Crippen molar-refractivity contribution in [1.29, 1.82) is 0 Å². The van der Waals surface area contributed by atoms with Gasteiger partial charge in [0.25, 0.3) is 0 Å². The molecule has 0 aromatic heterocycles. The van der Waals surface area contributed by atoms with Gasteiger partial charge in [-0.25, -0.2) is 0 Å². The van der Waals surface area contributed by atoms with Crippen molar-refractivity contribution in [3.63, 3.8) is 0 Å². The van der Waals surface area contributed by atoms with Gasteiger partial charge in [0.1, 0.15) is 5.75 Å². The van der Waals surface area contributed by atoms with Gasteiger partial charge < -0.3 is 14.6 Å². The number of methoxy groups -OCH3 is 1. The number of hydrogen-bond acceptors (Lipinski definition) is 3. The molecule has 21 heavy (non-hydrogen) atoms. The van der Waals surface area contributed by atoms with E-state index in [0.29, 0.717) is 27.8 Å². The number of aliphatic hydroxyl groups excluding tert-OH is 1. The molecule has 0 aliphatic heterocycles. The molecule has 0 fully saturated rings. The van der Waals surface area contributed by atoms with Gasteiger partial charge in [0.05, 0.1) is 18.2 Å². The highest BCUT2D eigenvalue weighted by Gasteiger charge is 2.10. The highest BCUT2D eigenvalue weighted by Crippen LogP contribution is 2.35. The van der Waals surface area contributed by atoms with E-state index in [-0.39, 0.29) is 0 Å². The molecule has 1 atom stereocenters. The minimum absolute atomic E-state index is 0.478.